The van der Waals surface area contributed by atoms with Gasteiger partial charge in [-0.15, -0.1) is 0 Å². The number of nitrogens with one attached hydrogen (secondary N) is 3. The zero-order valence-electron chi connectivity index (χ0n) is 39.8. The zero-order chi connectivity index (χ0) is 48.8. The second kappa shape index (κ2) is 24.3. The van der Waals surface area contributed by atoms with Gasteiger partial charge in [-0.2, -0.15) is 0 Å². The number of para-hydroxylation sites is 2. The van der Waals surface area contributed by atoms with Crippen LogP contribution in [0.25, 0.3) is 43.9 Å². The monoisotopic (exact) mass is 948 g/mol. The van der Waals surface area contributed by atoms with Crippen LogP contribution >= 0.6 is 0 Å². The van der Waals surface area contributed by atoms with Gasteiger partial charge in [-0.1, -0.05) is 36.4 Å². The number of nitrogens with zero attached hydrogens (tertiary/aromatic N) is 4. The predicted octanol–water partition coefficient (Wildman–Crippen LogP) is 5.75. The summed E-state index contributed by atoms with van der Waals surface area (Å²) in [6, 6.07) is 19.2. The highest BCUT2D eigenvalue weighted by molar-refractivity contribution is 6.11. The molecule has 6 heterocycles. The van der Waals surface area contributed by atoms with Crippen LogP contribution in [0.1, 0.15) is 82.5 Å². The Hall–Kier alpha value is -6.31. The number of nitrogens with two attached hydrogens (primary N) is 1. The zero-order valence-corrected chi connectivity index (χ0v) is 39.8. The molecule has 2 saturated heterocycles. The van der Waals surface area contributed by atoms with Crippen molar-refractivity contribution in [2.75, 3.05) is 65.9 Å². The molecular weight excluding hydrogens is 885 g/mol. The fourth-order valence-electron chi connectivity index (χ4n) is 8.85. The third-order valence-corrected chi connectivity index (χ3v) is 11.8. The van der Waals surface area contributed by atoms with Crippen LogP contribution in [-0.2, 0) is 55.7 Å². The van der Waals surface area contributed by atoms with E-state index in [1.165, 1.54) is 5.56 Å². The standard InChI is InChI=1S/C28H36N4O6.C23H28N4O4/c1-28(2,3)38-27(35)30-14-16-37-18-17-36-15-6-7-19-12-13-29-25-24(19)20-8-4-5-9-21(20)32(25)22-10-11-23(33)31-26(22)34;24-10-13-31-15-14-30-12-3-4-16-9-11-25-22-21(16)17-5-1-2-6-18(17)27(22)19-7-8-20(28)26-23(19)29/h4-5,8-9,12-13,22H,6-7,10-11,14-18H2,1-3H3,(H,30,35)(H,31,33,34);1-2,5-6,9,11,19H,3-4,7-8,10,12-15,24H2,(H,26,28,29). The molecule has 6 aromatic rings. The molecule has 2 aliphatic heterocycles. The van der Waals surface area contributed by atoms with E-state index in [1.54, 1.807) is 12.4 Å². The SMILES string of the molecule is CC(C)(C)OC(=O)NCCOCCOCCCc1ccnc2c1c1ccccc1n2C1CCC(=O)NC1=O.NCCOCCOCCCc1ccnc2c1c1ccccc1n2C1CCC(=O)NC1=O. The van der Waals surface area contributed by atoms with E-state index in [0.29, 0.717) is 91.6 Å². The van der Waals surface area contributed by atoms with E-state index in [-0.39, 0.29) is 23.6 Å². The summed E-state index contributed by atoms with van der Waals surface area (Å²) in [6.07, 6.45) is 8.01. The van der Waals surface area contributed by atoms with Crippen LogP contribution in [0.3, 0.4) is 0 Å². The summed E-state index contributed by atoms with van der Waals surface area (Å²) in [5, 5.41) is 11.8. The van der Waals surface area contributed by atoms with Crippen molar-refractivity contribution >= 4 is 73.6 Å². The summed E-state index contributed by atoms with van der Waals surface area (Å²) in [6.45, 7) is 10.5. The molecular formula is C51H64N8O10. The maximum Gasteiger partial charge on any atom is 0.407 e. The molecule has 0 spiro atoms. The predicted molar refractivity (Wildman–Crippen MR) is 261 cm³/mol. The average Bonchev–Trinajstić information content (AvgIpc) is 3.84. The molecule has 69 heavy (non-hydrogen) atoms. The van der Waals surface area contributed by atoms with Crippen LogP contribution in [0.2, 0.25) is 0 Å². The fraction of sp³-hybridized carbons (Fsp3) is 0.471. The quantitative estimate of drug-likeness (QED) is 0.0499. The number of pyridine rings is 2. The van der Waals surface area contributed by atoms with Crippen molar-refractivity contribution in [2.45, 2.75) is 89.8 Å². The normalized spacial score (nSPS) is 16.5. The maximum absolute atomic E-state index is 12.7. The lowest BCUT2D eigenvalue weighted by atomic mass is 10.0. The van der Waals surface area contributed by atoms with E-state index < -0.39 is 23.8 Å². The topological polar surface area (TPSA) is 229 Å². The number of aromatic nitrogens is 4. The third-order valence-electron chi connectivity index (χ3n) is 11.8. The third kappa shape index (κ3) is 13.1. The van der Waals surface area contributed by atoms with E-state index in [2.05, 4.69) is 38.1 Å². The van der Waals surface area contributed by atoms with Gasteiger partial charge >= 0.3 is 6.09 Å². The number of hydrogen-bond donors (Lipinski definition) is 4. The van der Waals surface area contributed by atoms with Crippen LogP contribution < -0.4 is 21.7 Å². The van der Waals surface area contributed by atoms with Crippen LogP contribution in [0, 0.1) is 0 Å². The number of rotatable bonds is 21. The summed E-state index contributed by atoms with van der Waals surface area (Å²) in [5.41, 5.74) is 10.6. The second-order valence-electron chi connectivity index (χ2n) is 17.9. The summed E-state index contributed by atoms with van der Waals surface area (Å²) >= 11 is 0. The first-order chi connectivity index (χ1) is 33.4. The molecule has 2 aromatic carbocycles. The Kier molecular flexibility index (Phi) is 17.8. The molecule has 18 heteroatoms. The van der Waals surface area contributed by atoms with E-state index in [0.717, 1.165) is 75.1 Å². The first kappa shape index (κ1) is 50.6. The van der Waals surface area contributed by atoms with Crippen LogP contribution in [0.4, 0.5) is 4.79 Å². The van der Waals surface area contributed by atoms with E-state index in [9.17, 15) is 24.0 Å². The highest BCUT2D eigenvalue weighted by Crippen LogP contribution is 2.37. The Morgan fingerprint density at radius 1 is 0.652 bits per heavy atom. The number of benzene rings is 2. The van der Waals surface area contributed by atoms with Gasteiger partial charge in [0.05, 0.1) is 50.7 Å². The van der Waals surface area contributed by atoms with Gasteiger partial charge in [-0.25, -0.2) is 14.8 Å². The molecule has 0 aliphatic carbocycles. The van der Waals surface area contributed by atoms with Crippen LogP contribution in [-0.4, -0.2) is 120 Å². The lowest BCUT2D eigenvalue weighted by Gasteiger charge is -2.23. The summed E-state index contributed by atoms with van der Waals surface area (Å²) in [7, 11) is 0. The van der Waals surface area contributed by atoms with E-state index in [1.807, 2.05) is 78.4 Å². The maximum atomic E-state index is 12.7. The Labute approximate surface area is 400 Å². The Balaban J connectivity index is 0.000000208. The number of piperidine rings is 2. The molecule has 5 amide bonds. The first-order valence-corrected chi connectivity index (χ1v) is 23.8. The van der Waals surface area contributed by atoms with Gasteiger partial charge < -0.3 is 43.9 Å². The molecule has 18 nitrogen and oxygen atoms in total. The molecule has 2 atom stereocenters. The first-order valence-electron chi connectivity index (χ1n) is 23.8. The Bertz CT molecular complexity index is 2740. The number of imide groups is 2. The molecule has 2 fully saturated rings. The van der Waals surface area contributed by atoms with Gasteiger partial charge in [0, 0.05) is 73.1 Å². The number of hydrogen-bond acceptors (Lipinski definition) is 13. The largest absolute Gasteiger partial charge is 0.444 e. The van der Waals surface area contributed by atoms with Crippen molar-refractivity contribution in [3.8, 4) is 0 Å². The van der Waals surface area contributed by atoms with Crippen LogP contribution in [0.15, 0.2) is 73.1 Å². The minimum atomic E-state index is -0.522. The van der Waals surface area contributed by atoms with Gasteiger partial charge in [0.2, 0.25) is 23.6 Å². The summed E-state index contributed by atoms with van der Waals surface area (Å²) in [5.74, 6) is -1.00. The summed E-state index contributed by atoms with van der Waals surface area (Å²) in [4.78, 5) is 69.5. The Morgan fingerprint density at radius 3 is 1.55 bits per heavy atom. The van der Waals surface area contributed by atoms with Crippen molar-refractivity contribution in [1.29, 1.82) is 0 Å². The van der Waals surface area contributed by atoms with Gasteiger partial charge in [-0.3, -0.25) is 29.8 Å². The number of carbonyl (C=O) groups is 5. The molecule has 368 valence electrons. The van der Waals surface area contributed by atoms with Gasteiger partial charge in [0.1, 0.15) is 29.0 Å². The second-order valence-corrected chi connectivity index (χ2v) is 17.9. The summed E-state index contributed by atoms with van der Waals surface area (Å²) < 4.78 is 31.3. The van der Waals surface area contributed by atoms with Crippen molar-refractivity contribution in [3.63, 3.8) is 0 Å². The molecule has 2 unspecified atom stereocenters. The number of aryl methyl sites for hydroxylation is 2. The van der Waals surface area contributed by atoms with E-state index in [4.69, 9.17) is 29.4 Å². The van der Waals surface area contributed by atoms with Crippen molar-refractivity contribution in [2.24, 2.45) is 5.73 Å². The number of ether oxygens (including phenoxy) is 5. The highest BCUT2D eigenvalue weighted by atomic mass is 16.6. The number of fused-ring (bicyclic) bond motifs is 6. The van der Waals surface area contributed by atoms with Crippen molar-refractivity contribution in [1.82, 2.24) is 35.1 Å². The minimum Gasteiger partial charge on any atom is -0.444 e. The minimum absolute atomic E-state index is 0.218. The number of carbonyl (C=O) groups excluding carboxylic acids is 5. The van der Waals surface area contributed by atoms with E-state index >= 15 is 0 Å². The van der Waals surface area contributed by atoms with Gasteiger partial charge in [-0.05, 0) is 94.7 Å². The fourth-order valence-corrected chi connectivity index (χ4v) is 8.85. The van der Waals surface area contributed by atoms with Crippen LogP contribution in [0.5, 0.6) is 0 Å². The molecule has 8 rings (SSSR count). The number of alkyl carbamates (subject to hydrolysis) is 1. The smallest absolute Gasteiger partial charge is 0.407 e. The molecule has 4 aromatic heterocycles. The average molecular weight is 949 g/mol. The number of amides is 5. The molecule has 0 saturated carbocycles. The highest BCUT2D eigenvalue weighted by Gasteiger charge is 2.33. The van der Waals surface area contributed by atoms with Gasteiger partial charge in [0.25, 0.3) is 0 Å². The lowest BCUT2D eigenvalue weighted by Crippen LogP contribution is -2.41. The van der Waals surface area contributed by atoms with Gasteiger partial charge in [0.15, 0.2) is 0 Å². The molecule has 2 aliphatic rings. The molecule has 0 radical (unpaired) electrons. The van der Waals surface area contributed by atoms with Crippen molar-refractivity contribution < 1.29 is 47.7 Å². The molecule has 5 N–H and O–H groups in total. The lowest BCUT2D eigenvalue weighted by molar-refractivity contribution is -0.137. The Morgan fingerprint density at radius 2 is 1.10 bits per heavy atom. The molecule has 0 bridgehead atoms. The van der Waals surface area contributed by atoms with Crippen molar-refractivity contribution in [3.05, 3.63) is 84.2 Å².